The molecule has 1 radical (unpaired) electrons. The molecule has 1 nitrogen and oxygen atoms in total. The summed E-state index contributed by atoms with van der Waals surface area (Å²) in [5, 5.41) is 0. The van der Waals surface area contributed by atoms with E-state index in [1.54, 1.807) is 0 Å². The largest absolute Gasteiger partial charge is 0.365 e. The molecule has 1 rings (SSSR count). The van der Waals surface area contributed by atoms with Crippen LogP contribution in [-0.4, -0.2) is 4.98 Å². The van der Waals surface area contributed by atoms with Crippen LogP contribution in [-0.2, 0) is 6.42 Å². The van der Waals surface area contributed by atoms with Crippen LogP contribution in [0.4, 0.5) is 0 Å². The van der Waals surface area contributed by atoms with E-state index in [1.165, 1.54) is 18.5 Å². The van der Waals surface area contributed by atoms with Crippen molar-refractivity contribution in [1.29, 1.82) is 0 Å². The molecule has 0 spiro atoms. The number of aryl methyl sites for hydroxylation is 1. The molecule has 1 N–H and O–H groups in total. The van der Waals surface area contributed by atoms with Gasteiger partial charge in [-0.15, -0.1) is 0 Å². The van der Waals surface area contributed by atoms with Crippen molar-refractivity contribution in [2.75, 3.05) is 0 Å². The van der Waals surface area contributed by atoms with Gasteiger partial charge in [-0.3, -0.25) is 0 Å². The van der Waals surface area contributed by atoms with E-state index in [9.17, 15) is 0 Å². The van der Waals surface area contributed by atoms with Gasteiger partial charge in [0, 0.05) is 11.9 Å². The van der Waals surface area contributed by atoms with Crippen LogP contribution in [0.15, 0.2) is 18.3 Å². The lowest BCUT2D eigenvalue weighted by molar-refractivity contribution is 0.892. The summed E-state index contributed by atoms with van der Waals surface area (Å²) < 4.78 is 0. The van der Waals surface area contributed by atoms with Crippen molar-refractivity contribution < 1.29 is 0 Å². The summed E-state index contributed by atoms with van der Waals surface area (Å²) in [6, 6.07) is 4.15. The number of aromatic nitrogens is 1. The summed E-state index contributed by atoms with van der Waals surface area (Å²) in [5.74, 6) is 0. The highest BCUT2D eigenvalue weighted by Crippen LogP contribution is 1.96. The van der Waals surface area contributed by atoms with E-state index in [0.717, 1.165) is 6.42 Å². The first-order chi connectivity index (χ1) is 5.35. The molecule has 1 aromatic heterocycles. The SMILES string of the molecule is CCCc1ccc[nH]1.[CH2]CC. The van der Waals surface area contributed by atoms with Gasteiger partial charge in [-0.1, -0.05) is 33.6 Å². The van der Waals surface area contributed by atoms with E-state index in [-0.39, 0.29) is 0 Å². The van der Waals surface area contributed by atoms with Gasteiger partial charge < -0.3 is 4.98 Å². The minimum Gasteiger partial charge on any atom is -0.365 e. The summed E-state index contributed by atoms with van der Waals surface area (Å²) >= 11 is 0. The molecule has 0 aliphatic rings. The standard InChI is InChI=1S/C7H11N.C3H7/c1-2-4-7-5-3-6-8-7;1-3-2/h3,5-6,8H,2,4H2,1H3;1,3H2,2H3. The lowest BCUT2D eigenvalue weighted by Crippen LogP contribution is -1.78. The summed E-state index contributed by atoms with van der Waals surface area (Å²) in [6.45, 7) is 7.68. The molecule has 0 saturated carbocycles. The van der Waals surface area contributed by atoms with Crippen LogP contribution in [0.3, 0.4) is 0 Å². The Kier molecular flexibility index (Phi) is 6.90. The highest BCUT2D eigenvalue weighted by molar-refractivity contribution is 5.02. The van der Waals surface area contributed by atoms with E-state index < -0.39 is 0 Å². The van der Waals surface area contributed by atoms with E-state index in [0.29, 0.717) is 0 Å². The predicted molar refractivity (Wildman–Crippen MR) is 50.4 cm³/mol. The first-order valence-electron chi connectivity index (χ1n) is 4.26. The van der Waals surface area contributed by atoms with E-state index in [1.807, 2.05) is 19.2 Å². The molecule has 0 aliphatic carbocycles. The highest BCUT2D eigenvalue weighted by atomic mass is 14.7. The Balaban J connectivity index is 0.000000292. The minimum absolute atomic E-state index is 1.00. The lowest BCUT2D eigenvalue weighted by atomic mass is 10.3. The third-order valence-electron chi connectivity index (χ3n) is 1.18. The van der Waals surface area contributed by atoms with Crippen LogP contribution in [0, 0.1) is 6.92 Å². The number of nitrogens with one attached hydrogen (secondary N) is 1. The number of aromatic amines is 1. The summed E-state index contributed by atoms with van der Waals surface area (Å²) in [7, 11) is 0. The minimum atomic E-state index is 1.00. The molecular weight excluding hydrogens is 134 g/mol. The van der Waals surface area contributed by atoms with Crippen LogP contribution in [0.5, 0.6) is 0 Å². The monoisotopic (exact) mass is 152 g/mol. The maximum Gasteiger partial charge on any atom is 0.0147 e. The van der Waals surface area contributed by atoms with Crippen molar-refractivity contribution in [3.63, 3.8) is 0 Å². The molecule has 0 unspecified atom stereocenters. The molecule has 0 atom stereocenters. The Labute approximate surface area is 69.8 Å². The molecule has 0 amide bonds. The summed E-state index contributed by atoms with van der Waals surface area (Å²) in [6.07, 6.45) is 5.36. The zero-order chi connectivity index (χ0) is 8.53. The zero-order valence-electron chi connectivity index (χ0n) is 7.56. The molecule has 63 valence electrons. The van der Waals surface area contributed by atoms with Gasteiger partial charge in [0.25, 0.3) is 0 Å². The Morgan fingerprint density at radius 3 is 2.45 bits per heavy atom. The van der Waals surface area contributed by atoms with Gasteiger partial charge >= 0.3 is 0 Å². The second-order valence-electron chi connectivity index (χ2n) is 2.45. The molecule has 0 fully saturated rings. The Bertz CT molecular complexity index is 142. The molecular formula is C10H18N. The maximum atomic E-state index is 3.49. The van der Waals surface area contributed by atoms with Crippen LogP contribution in [0.25, 0.3) is 0 Å². The fraction of sp³-hybridized carbons (Fsp3) is 0.500. The number of H-pyrrole nitrogens is 1. The third-order valence-corrected chi connectivity index (χ3v) is 1.18. The van der Waals surface area contributed by atoms with Gasteiger partial charge in [-0.05, 0) is 18.6 Å². The summed E-state index contributed by atoms with van der Waals surface area (Å²) in [5.41, 5.74) is 1.34. The summed E-state index contributed by atoms with van der Waals surface area (Å²) in [4.78, 5) is 3.14. The molecule has 1 aromatic rings. The van der Waals surface area contributed by atoms with Crippen molar-refractivity contribution in [2.45, 2.75) is 33.1 Å². The number of rotatable bonds is 2. The van der Waals surface area contributed by atoms with E-state index in [4.69, 9.17) is 0 Å². The van der Waals surface area contributed by atoms with E-state index >= 15 is 0 Å². The first-order valence-corrected chi connectivity index (χ1v) is 4.26. The van der Waals surface area contributed by atoms with Crippen LogP contribution >= 0.6 is 0 Å². The average molecular weight is 152 g/mol. The first kappa shape index (κ1) is 10.3. The van der Waals surface area contributed by atoms with Crippen molar-refractivity contribution in [3.8, 4) is 0 Å². The molecule has 0 aromatic carbocycles. The van der Waals surface area contributed by atoms with Crippen LogP contribution in [0.2, 0.25) is 0 Å². The van der Waals surface area contributed by atoms with Gasteiger partial charge in [0.05, 0.1) is 0 Å². The number of hydrogen-bond donors (Lipinski definition) is 1. The van der Waals surface area contributed by atoms with Gasteiger partial charge in [-0.2, -0.15) is 0 Å². The molecule has 0 bridgehead atoms. The number of hydrogen-bond acceptors (Lipinski definition) is 0. The van der Waals surface area contributed by atoms with Crippen LogP contribution in [0.1, 0.15) is 32.4 Å². The van der Waals surface area contributed by atoms with E-state index in [2.05, 4.69) is 24.9 Å². The van der Waals surface area contributed by atoms with Gasteiger partial charge in [-0.25, -0.2) is 0 Å². The van der Waals surface area contributed by atoms with Crippen molar-refractivity contribution in [1.82, 2.24) is 4.98 Å². The fourth-order valence-electron chi connectivity index (χ4n) is 0.792. The lowest BCUT2D eigenvalue weighted by Gasteiger charge is -1.87. The average Bonchev–Trinajstić information content (AvgIpc) is 2.42. The Morgan fingerprint density at radius 1 is 1.45 bits per heavy atom. The topological polar surface area (TPSA) is 15.8 Å². The second-order valence-corrected chi connectivity index (χ2v) is 2.45. The quantitative estimate of drug-likeness (QED) is 0.669. The Hall–Kier alpha value is -0.720. The third kappa shape index (κ3) is 5.71. The molecule has 1 heteroatoms. The van der Waals surface area contributed by atoms with Crippen LogP contribution < -0.4 is 0 Å². The predicted octanol–water partition coefficient (Wildman–Crippen LogP) is 3.20. The second kappa shape index (κ2) is 7.39. The normalized spacial score (nSPS) is 8.64. The van der Waals surface area contributed by atoms with Gasteiger partial charge in [0.15, 0.2) is 0 Å². The molecule has 0 saturated heterocycles. The smallest absolute Gasteiger partial charge is 0.0147 e. The maximum absolute atomic E-state index is 3.49. The molecule has 1 heterocycles. The zero-order valence-corrected chi connectivity index (χ0v) is 7.56. The van der Waals surface area contributed by atoms with Crippen molar-refractivity contribution >= 4 is 0 Å². The molecule has 0 aliphatic heterocycles. The molecule has 11 heavy (non-hydrogen) atoms. The van der Waals surface area contributed by atoms with Gasteiger partial charge in [0.1, 0.15) is 0 Å². The highest BCUT2D eigenvalue weighted by Gasteiger charge is 1.85. The van der Waals surface area contributed by atoms with Crippen molar-refractivity contribution in [3.05, 3.63) is 30.9 Å². The fourth-order valence-corrected chi connectivity index (χ4v) is 0.792. The van der Waals surface area contributed by atoms with Gasteiger partial charge in [0.2, 0.25) is 0 Å². The van der Waals surface area contributed by atoms with Crippen molar-refractivity contribution in [2.24, 2.45) is 0 Å². The Morgan fingerprint density at radius 2 is 2.09 bits per heavy atom.